The maximum absolute atomic E-state index is 13.7. The van der Waals surface area contributed by atoms with Gasteiger partial charge in [0.2, 0.25) is 5.60 Å². The first-order valence-corrected chi connectivity index (χ1v) is 13.0. The van der Waals surface area contributed by atoms with Crippen molar-refractivity contribution >= 4 is 33.5 Å². The Kier molecular flexibility index (Phi) is 8.71. The van der Waals surface area contributed by atoms with Gasteiger partial charge in [-0.05, 0) is 45.4 Å². The van der Waals surface area contributed by atoms with Gasteiger partial charge in [0.25, 0.3) is 15.9 Å². The van der Waals surface area contributed by atoms with Crippen LogP contribution < -0.4 is 19.1 Å². The summed E-state index contributed by atoms with van der Waals surface area (Å²) in [5.74, 6) is -1.90. The average Bonchev–Trinajstić information content (AvgIpc) is 3.26. The molecule has 1 aliphatic heterocycles. The highest BCUT2D eigenvalue weighted by Gasteiger charge is 2.51. The molecule has 0 bridgehead atoms. The molecular formula is C22H25F5N4O8S. The third-order valence-electron chi connectivity index (χ3n) is 5.56. The number of alkyl halides is 5. The third kappa shape index (κ3) is 6.65. The minimum absolute atomic E-state index is 0.0809. The van der Waals surface area contributed by atoms with Crippen LogP contribution in [0.4, 0.5) is 38.1 Å². The fourth-order valence-electron chi connectivity index (χ4n) is 3.48. The molecule has 18 heteroatoms. The second-order valence-corrected chi connectivity index (χ2v) is 10.7. The first-order valence-electron chi connectivity index (χ1n) is 11.6. The van der Waals surface area contributed by atoms with Crippen LogP contribution in [0.5, 0.6) is 11.6 Å². The molecule has 0 aliphatic carbocycles. The SMILES string of the molecule is CCOc1nn(C(F)F)cc1S(=O)(=O)N1CC(CCC(=O)O)Oc2ccc(NC(=O)OC(C)(C)C(F)(F)F)cc21. The number of aliphatic carboxylic acids is 1. The van der Waals surface area contributed by atoms with Gasteiger partial charge in [0.1, 0.15) is 11.9 Å². The van der Waals surface area contributed by atoms with Crippen LogP contribution in [0.3, 0.4) is 0 Å². The molecule has 1 amide bonds. The van der Waals surface area contributed by atoms with Gasteiger partial charge in [-0.3, -0.25) is 14.4 Å². The summed E-state index contributed by atoms with van der Waals surface area (Å²) >= 11 is 0. The number of nitrogens with one attached hydrogen (secondary N) is 1. The van der Waals surface area contributed by atoms with Crippen molar-refractivity contribution < 1.29 is 59.3 Å². The van der Waals surface area contributed by atoms with Gasteiger partial charge in [0.15, 0.2) is 4.90 Å². The lowest BCUT2D eigenvalue weighted by Gasteiger charge is -2.35. The smallest absolute Gasteiger partial charge is 0.427 e. The summed E-state index contributed by atoms with van der Waals surface area (Å²) in [4.78, 5) is 22.5. The number of ether oxygens (including phenoxy) is 3. The average molecular weight is 601 g/mol. The van der Waals surface area contributed by atoms with Gasteiger partial charge in [-0.25, -0.2) is 17.9 Å². The van der Waals surface area contributed by atoms with E-state index in [1.807, 2.05) is 0 Å². The summed E-state index contributed by atoms with van der Waals surface area (Å²) in [6.07, 6.45) is -7.33. The first-order chi connectivity index (χ1) is 18.5. The molecule has 12 nitrogen and oxygen atoms in total. The molecular weight excluding hydrogens is 575 g/mol. The minimum Gasteiger partial charge on any atom is -0.486 e. The number of amides is 1. The Morgan fingerprint density at radius 3 is 2.52 bits per heavy atom. The summed E-state index contributed by atoms with van der Waals surface area (Å²) in [7, 11) is -4.73. The van der Waals surface area contributed by atoms with E-state index in [0.29, 0.717) is 20.0 Å². The lowest BCUT2D eigenvalue weighted by molar-refractivity contribution is -0.242. The van der Waals surface area contributed by atoms with E-state index in [9.17, 15) is 40.0 Å². The number of sulfonamides is 1. The predicted molar refractivity (Wildman–Crippen MR) is 127 cm³/mol. The van der Waals surface area contributed by atoms with Crippen LogP contribution in [0, 0.1) is 0 Å². The first kappa shape index (κ1) is 30.7. The molecule has 1 aromatic carbocycles. The Bertz CT molecular complexity index is 1360. The van der Waals surface area contributed by atoms with Crippen LogP contribution in [0.15, 0.2) is 29.3 Å². The number of hydrogen-bond acceptors (Lipinski definition) is 8. The number of carboxylic acid groups (broad SMARTS) is 1. The molecule has 40 heavy (non-hydrogen) atoms. The lowest BCUT2D eigenvalue weighted by atomic mass is 10.1. The highest BCUT2D eigenvalue weighted by Crippen LogP contribution is 2.41. The molecule has 222 valence electrons. The van der Waals surface area contributed by atoms with Gasteiger partial charge >= 0.3 is 24.8 Å². The zero-order valence-corrected chi connectivity index (χ0v) is 22.1. The fraction of sp³-hybridized carbons (Fsp3) is 0.500. The molecule has 1 aliphatic rings. The Morgan fingerprint density at radius 2 is 1.95 bits per heavy atom. The molecule has 3 rings (SSSR count). The second kappa shape index (κ2) is 11.3. The molecule has 2 heterocycles. The van der Waals surface area contributed by atoms with E-state index >= 15 is 0 Å². The van der Waals surface area contributed by atoms with E-state index in [1.54, 1.807) is 0 Å². The van der Waals surface area contributed by atoms with Crippen LogP contribution in [-0.2, 0) is 19.6 Å². The fourth-order valence-corrected chi connectivity index (χ4v) is 5.04. The predicted octanol–water partition coefficient (Wildman–Crippen LogP) is 4.39. The number of aromatic nitrogens is 2. The maximum atomic E-state index is 13.7. The van der Waals surface area contributed by atoms with Crippen molar-refractivity contribution in [1.29, 1.82) is 0 Å². The van der Waals surface area contributed by atoms with Crippen LogP contribution in [-0.4, -0.2) is 66.4 Å². The van der Waals surface area contributed by atoms with Gasteiger partial charge in [-0.15, -0.1) is 5.10 Å². The number of benzene rings is 1. The second-order valence-electron chi connectivity index (χ2n) is 8.90. The van der Waals surface area contributed by atoms with E-state index < -0.39 is 63.8 Å². The van der Waals surface area contributed by atoms with Crippen molar-refractivity contribution in [2.24, 2.45) is 0 Å². The third-order valence-corrected chi connectivity index (χ3v) is 7.33. The van der Waals surface area contributed by atoms with Crippen molar-refractivity contribution in [2.75, 3.05) is 22.8 Å². The number of carbonyl (C=O) groups excluding carboxylic acids is 1. The quantitative estimate of drug-likeness (QED) is 0.379. The van der Waals surface area contributed by atoms with Gasteiger partial charge < -0.3 is 19.3 Å². The standard InChI is InChI=1S/C22H25F5N4O8S/c1-4-37-18-16(11-30(29-18)19(23)24)40(35,36)31-10-13(6-8-17(32)33)38-15-7-5-12(9-14(15)31)28-20(34)39-21(2,3)22(25,26)27/h5,7,9,11,13,19H,4,6,8,10H2,1-3H3,(H,28,34)(H,32,33). The highest BCUT2D eigenvalue weighted by atomic mass is 32.2. The van der Waals surface area contributed by atoms with E-state index in [-0.39, 0.29) is 41.3 Å². The van der Waals surface area contributed by atoms with E-state index in [0.717, 1.165) is 10.4 Å². The van der Waals surface area contributed by atoms with Crippen LogP contribution in [0.2, 0.25) is 0 Å². The van der Waals surface area contributed by atoms with E-state index in [4.69, 9.17) is 14.6 Å². The van der Waals surface area contributed by atoms with Gasteiger partial charge in [-0.2, -0.15) is 22.0 Å². The highest BCUT2D eigenvalue weighted by molar-refractivity contribution is 7.93. The Balaban J connectivity index is 2.03. The monoisotopic (exact) mass is 600 g/mol. The molecule has 0 saturated carbocycles. The normalized spacial score (nSPS) is 15.8. The zero-order valence-electron chi connectivity index (χ0n) is 21.2. The van der Waals surface area contributed by atoms with Crippen molar-refractivity contribution in [3.05, 3.63) is 24.4 Å². The zero-order chi connectivity index (χ0) is 30.0. The Hall–Kier alpha value is -3.83. The van der Waals surface area contributed by atoms with Crippen LogP contribution in [0.1, 0.15) is 40.2 Å². The number of halogens is 5. The Morgan fingerprint density at radius 1 is 1.27 bits per heavy atom. The van der Waals surface area contributed by atoms with E-state index in [1.165, 1.54) is 19.1 Å². The molecule has 1 unspecified atom stereocenters. The summed E-state index contributed by atoms with van der Waals surface area (Å²) in [6.45, 7) is -1.06. The van der Waals surface area contributed by atoms with Crippen molar-refractivity contribution in [2.45, 2.75) is 62.9 Å². The number of hydrogen-bond donors (Lipinski definition) is 2. The molecule has 2 aromatic rings. The summed E-state index contributed by atoms with van der Waals surface area (Å²) in [5.41, 5.74) is -3.27. The number of carbonyl (C=O) groups is 2. The molecule has 1 aromatic heterocycles. The van der Waals surface area contributed by atoms with Crippen molar-refractivity contribution in [1.82, 2.24) is 9.78 Å². The largest absolute Gasteiger partial charge is 0.486 e. The summed E-state index contributed by atoms with van der Waals surface area (Å²) in [6, 6.07) is 3.44. The minimum atomic E-state index is -4.88. The number of nitrogens with zero attached hydrogens (tertiary/aromatic N) is 3. The summed E-state index contributed by atoms with van der Waals surface area (Å²) in [5, 5.41) is 14.6. The molecule has 0 radical (unpaired) electrons. The molecule has 0 saturated heterocycles. The summed E-state index contributed by atoms with van der Waals surface area (Å²) < 4.78 is 110. The van der Waals surface area contributed by atoms with Crippen LogP contribution >= 0.6 is 0 Å². The Labute approximate surface area is 224 Å². The number of fused-ring (bicyclic) bond motifs is 1. The van der Waals surface area contributed by atoms with Gasteiger partial charge in [-0.1, -0.05) is 0 Å². The van der Waals surface area contributed by atoms with Crippen molar-refractivity contribution in [3.8, 4) is 11.6 Å². The van der Waals surface area contributed by atoms with E-state index in [2.05, 4.69) is 15.2 Å². The number of anilines is 2. The maximum Gasteiger partial charge on any atom is 0.427 e. The van der Waals surface area contributed by atoms with Gasteiger partial charge in [0, 0.05) is 12.1 Å². The number of carboxylic acids is 1. The van der Waals surface area contributed by atoms with Crippen molar-refractivity contribution in [3.63, 3.8) is 0 Å². The lowest BCUT2D eigenvalue weighted by Crippen LogP contribution is -2.44. The van der Waals surface area contributed by atoms with Crippen LogP contribution in [0.25, 0.3) is 0 Å². The number of rotatable bonds is 10. The molecule has 1 atom stereocenters. The molecule has 0 fully saturated rings. The molecule has 2 N–H and O–H groups in total. The topological polar surface area (TPSA) is 149 Å². The molecule has 0 spiro atoms. The van der Waals surface area contributed by atoms with Gasteiger partial charge in [0.05, 0.1) is 25.0 Å².